The molecule has 0 spiro atoms. The van der Waals surface area contributed by atoms with E-state index >= 15 is 0 Å². The van der Waals surface area contributed by atoms with Crippen LogP contribution in [0.3, 0.4) is 0 Å². The van der Waals surface area contributed by atoms with Crippen LogP contribution >= 0.6 is 11.3 Å². The van der Waals surface area contributed by atoms with Crippen molar-refractivity contribution in [2.75, 3.05) is 19.7 Å². The standard InChI is InChI=1S/C16H23N3O2S/c20-16(18-11-2-1-3-11)13-8-19(10-15-17-5-7-22-15)9-14-12(13)4-6-21-14/h5,7,11-14H,1-4,6,8-10H2,(H,18,20)/t12-,13+,14+/m0/s1. The zero-order chi connectivity index (χ0) is 14.9. The first-order valence-electron chi connectivity index (χ1n) is 8.32. The van der Waals surface area contributed by atoms with Gasteiger partial charge in [-0.05, 0) is 25.7 Å². The van der Waals surface area contributed by atoms with Gasteiger partial charge >= 0.3 is 0 Å². The van der Waals surface area contributed by atoms with E-state index in [1.54, 1.807) is 11.3 Å². The summed E-state index contributed by atoms with van der Waals surface area (Å²) in [5.41, 5.74) is 0. The zero-order valence-electron chi connectivity index (χ0n) is 12.7. The molecule has 3 atom stereocenters. The van der Waals surface area contributed by atoms with Crippen molar-refractivity contribution in [3.63, 3.8) is 0 Å². The van der Waals surface area contributed by atoms with Crippen LogP contribution < -0.4 is 5.32 Å². The first-order valence-corrected chi connectivity index (χ1v) is 9.20. The number of carbonyl (C=O) groups excluding carboxylic acids is 1. The molecular formula is C16H23N3O2S. The molecule has 1 saturated carbocycles. The summed E-state index contributed by atoms with van der Waals surface area (Å²) in [4.78, 5) is 19.4. The summed E-state index contributed by atoms with van der Waals surface area (Å²) in [6.07, 6.45) is 6.63. The average Bonchev–Trinajstić information content (AvgIpc) is 3.12. The van der Waals surface area contributed by atoms with Crippen LogP contribution in [0.25, 0.3) is 0 Å². The third-order valence-electron chi connectivity index (χ3n) is 5.30. The van der Waals surface area contributed by atoms with Gasteiger partial charge in [-0.1, -0.05) is 0 Å². The van der Waals surface area contributed by atoms with E-state index in [2.05, 4.69) is 15.2 Å². The maximum absolute atomic E-state index is 12.7. The number of hydrogen-bond acceptors (Lipinski definition) is 5. The maximum atomic E-state index is 12.7. The molecule has 0 radical (unpaired) electrons. The molecule has 4 rings (SSSR count). The lowest BCUT2D eigenvalue weighted by molar-refractivity contribution is -0.132. The molecule has 1 aromatic heterocycles. The molecule has 6 heteroatoms. The fraction of sp³-hybridized carbons (Fsp3) is 0.750. The van der Waals surface area contributed by atoms with E-state index in [0.717, 1.165) is 50.5 Å². The summed E-state index contributed by atoms with van der Waals surface area (Å²) in [7, 11) is 0. The molecular weight excluding hydrogens is 298 g/mol. The number of ether oxygens (including phenoxy) is 1. The number of thiazole rings is 1. The van der Waals surface area contributed by atoms with Crippen LogP contribution in [0.4, 0.5) is 0 Å². The molecule has 1 aliphatic carbocycles. The molecule has 22 heavy (non-hydrogen) atoms. The van der Waals surface area contributed by atoms with Gasteiger partial charge in [0, 0.05) is 43.2 Å². The van der Waals surface area contributed by atoms with Crippen molar-refractivity contribution >= 4 is 17.2 Å². The predicted octanol–water partition coefficient (Wildman–Crippen LogP) is 1.65. The Morgan fingerprint density at radius 1 is 1.41 bits per heavy atom. The molecule has 0 unspecified atom stereocenters. The fourth-order valence-corrected chi connectivity index (χ4v) is 4.50. The van der Waals surface area contributed by atoms with Crippen LogP contribution in [-0.4, -0.2) is 47.6 Å². The highest BCUT2D eigenvalue weighted by molar-refractivity contribution is 7.09. The lowest BCUT2D eigenvalue weighted by Crippen LogP contribution is -2.54. The molecule has 1 aromatic rings. The van der Waals surface area contributed by atoms with Crippen LogP contribution in [0.1, 0.15) is 30.7 Å². The van der Waals surface area contributed by atoms with Crippen LogP contribution in [0.5, 0.6) is 0 Å². The minimum atomic E-state index is 0.0711. The quantitative estimate of drug-likeness (QED) is 0.916. The second kappa shape index (κ2) is 6.26. The van der Waals surface area contributed by atoms with Crippen LogP contribution in [0.15, 0.2) is 11.6 Å². The summed E-state index contributed by atoms with van der Waals surface area (Å²) in [5, 5.41) is 6.37. The number of aromatic nitrogens is 1. The monoisotopic (exact) mass is 321 g/mol. The molecule has 120 valence electrons. The van der Waals surface area contributed by atoms with Gasteiger partial charge in [-0.3, -0.25) is 9.69 Å². The minimum Gasteiger partial charge on any atom is -0.377 e. The van der Waals surface area contributed by atoms with E-state index in [1.165, 1.54) is 6.42 Å². The third kappa shape index (κ3) is 2.92. The molecule has 2 saturated heterocycles. The van der Waals surface area contributed by atoms with E-state index in [9.17, 15) is 4.79 Å². The smallest absolute Gasteiger partial charge is 0.225 e. The highest BCUT2D eigenvalue weighted by atomic mass is 32.1. The average molecular weight is 321 g/mol. The van der Waals surface area contributed by atoms with Gasteiger partial charge in [0.2, 0.25) is 5.91 Å². The molecule has 3 fully saturated rings. The first-order chi connectivity index (χ1) is 10.8. The number of nitrogens with zero attached hydrogens (tertiary/aromatic N) is 2. The lowest BCUT2D eigenvalue weighted by atomic mass is 9.81. The fourth-order valence-electron chi connectivity index (χ4n) is 3.85. The Hall–Kier alpha value is -0.980. The van der Waals surface area contributed by atoms with Gasteiger partial charge in [-0.15, -0.1) is 11.3 Å². The number of rotatable bonds is 4. The second-order valence-corrected chi connectivity index (χ2v) is 7.70. The summed E-state index contributed by atoms with van der Waals surface area (Å²) in [6.45, 7) is 3.39. The van der Waals surface area contributed by atoms with Gasteiger partial charge in [0.05, 0.1) is 18.6 Å². The van der Waals surface area contributed by atoms with Gasteiger partial charge in [0.25, 0.3) is 0 Å². The summed E-state index contributed by atoms with van der Waals surface area (Å²) in [5.74, 6) is 0.712. The van der Waals surface area contributed by atoms with Crippen molar-refractivity contribution in [3.05, 3.63) is 16.6 Å². The number of nitrogens with one attached hydrogen (secondary N) is 1. The van der Waals surface area contributed by atoms with Gasteiger partial charge in [-0.25, -0.2) is 4.98 Å². The Morgan fingerprint density at radius 3 is 3.05 bits per heavy atom. The maximum Gasteiger partial charge on any atom is 0.225 e. The van der Waals surface area contributed by atoms with E-state index in [0.29, 0.717) is 12.0 Å². The predicted molar refractivity (Wildman–Crippen MR) is 84.5 cm³/mol. The molecule has 2 aliphatic heterocycles. The molecule has 1 amide bonds. The molecule has 3 heterocycles. The normalized spacial score (nSPS) is 32.5. The zero-order valence-corrected chi connectivity index (χ0v) is 13.6. The van der Waals surface area contributed by atoms with E-state index in [1.807, 2.05) is 11.6 Å². The second-order valence-electron chi connectivity index (χ2n) is 6.72. The van der Waals surface area contributed by atoms with Gasteiger partial charge in [-0.2, -0.15) is 0 Å². The highest BCUT2D eigenvalue weighted by Crippen LogP contribution is 2.35. The molecule has 0 aromatic carbocycles. The highest BCUT2D eigenvalue weighted by Gasteiger charge is 2.44. The van der Waals surface area contributed by atoms with Crippen LogP contribution in [0, 0.1) is 11.8 Å². The number of piperidine rings is 1. The largest absolute Gasteiger partial charge is 0.377 e. The molecule has 0 bridgehead atoms. The van der Waals surface area contributed by atoms with E-state index < -0.39 is 0 Å². The van der Waals surface area contributed by atoms with Gasteiger partial charge in [0.15, 0.2) is 0 Å². The van der Waals surface area contributed by atoms with Crippen molar-refractivity contribution in [1.82, 2.24) is 15.2 Å². The molecule has 1 N–H and O–H groups in total. The Kier molecular flexibility index (Phi) is 4.15. The topological polar surface area (TPSA) is 54.5 Å². The van der Waals surface area contributed by atoms with E-state index in [-0.39, 0.29) is 17.9 Å². The van der Waals surface area contributed by atoms with E-state index in [4.69, 9.17) is 4.74 Å². The number of amides is 1. The lowest BCUT2D eigenvalue weighted by Gasteiger charge is -2.40. The van der Waals surface area contributed by atoms with Crippen molar-refractivity contribution in [2.24, 2.45) is 11.8 Å². The minimum absolute atomic E-state index is 0.0711. The first kappa shape index (κ1) is 14.6. The molecule has 5 nitrogen and oxygen atoms in total. The number of likely N-dealkylation sites (tertiary alicyclic amines) is 1. The van der Waals surface area contributed by atoms with Gasteiger partial charge < -0.3 is 10.1 Å². The molecule has 3 aliphatic rings. The Balaban J connectivity index is 1.44. The van der Waals surface area contributed by atoms with Crippen LogP contribution in [-0.2, 0) is 16.1 Å². The van der Waals surface area contributed by atoms with Crippen molar-refractivity contribution in [2.45, 2.75) is 44.4 Å². The van der Waals surface area contributed by atoms with Gasteiger partial charge in [0.1, 0.15) is 5.01 Å². The Labute approximate surface area is 135 Å². The number of hydrogen-bond donors (Lipinski definition) is 1. The number of carbonyl (C=O) groups is 1. The Bertz CT molecular complexity index is 517. The summed E-state index contributed by atoms with van der Waals surface area (Å²) >= 11 is 1.68. The number of fused-ring (bicyclic) bond motifs is 1. The van der Waals surface area contributed by atoms with Crippen molar-refractivity contribution < 1.29 is 9.53 Å². The third-order valence-corrected chi connectivity index (χ3v) is 6.07. The SMILES string of the molecule is O=C(NC1CCC1)[C@@H]1CN(Cc2nccs2)C[C@H]2OCC[C@H]21. The summed E-state index contributed by atoms with van der Waals surface area (Å²) in [6, 6.07) is 0.419. The summed E-state index contributed by atoms with van der Waals surface area (Å²) < 4.78 is 5.89. The Morgan fingerprint density at radius 2 is 2.32 bits per heavy atom. The van der Waals surface area contributed by atoms with Crippen molar-refractivity contribution in [1.29, 1.82) is 0 Å². The van der Waals surface area contributed by atoms with Crippen molar-refractivity contribution in [3.8, 4) is 0 Å². The van der Waals surface area contributed by atoms with Crippen LogP contribution in [0.2, 0.25) is 0 Å².